The second-order valence-corrected chi connectivity index (χ2v) is 7.16. The molecule has 0 atom stereocenters. The Labute approximate surface area is 184 Å². The number of nitrogens with zero attached hydrogens (tertiary/aromatic N) is 3. The van der Waals surface area contributed by atoms with Crippen molar-refractivity contribution in [1.82, 2.24) is 20.1 Å². The van der Waals surface area contributed by atoms with Gasteiger partial charge in [0, 0.05) is 24.3 Å². The van der Waals surface area contributed by atoms with Crippen LogP contribution in [0.2, 0.25) is 10.0 Å². The van der Waals surface area contributed by atoms with E-state index in [2.05, 4.69) is 20.7 Å². The summed E-state index contributed by atoms with van der Waals surface area (Å²) in [6.07, 6.45) is -3.52. The van der Waals surface area contributed by atoms with Crippen molar-refractivity contribution >= 4 is 40.7 Å². The van der Waals surface area contributed by atoms with Crippen molar-refractivity contribution in [3.05, 3.63) is 69.1 Å². The number of pyridine rings is 1. The Hall–Kier alpha value is -3.11. The number of hydrogen-bond acceptors (Lipinski definition) is 4. The normalized spacial score (nSPS) is 11.3. The second kappa shape index (κ2) is 8.56. The van der Waals surface area contributed by atoms with Crippen molar-refractivity contribution in [3.8, 4) is 5.82 Å². The lowest BCUT2D eigenvalue weighted by Crippen LogP contribution is -2.23. The molecule has 0 bridgehead atoms. The number of hydrogen-bond donors (Lipinski definition) is 2. The number of aromatic nitrogens is 3. The maximum absolute atomic E-state index is 13.3. The summed E-state index contributed by atoms with van der Waals surface area (Å²) in [7, 11) is 1.39. The molecule has 0 saturated carbocycles. The number of nitrogens with one attached hydrogen (secondary N) is 2. The van der Waals surface area contributed by atoms with Crippen LogP contribution in [0.3, 0.4) is 0 Å². The van der Waals surface area contributed by atoms with Gasteiger partial charge in [-0.2, -0.15) is 18.3 Å². The van der Waals surface area contributed by atoms with Gasteiger partial charge < -0.3 is 10.6 Å². The second-order valence-electron chi connectivity index (χ2n) is 6.31. The molecule has 3 aromatic rings. The summed E-state index contributed by atoms with van der Waals surface area (Å²) in [5.74, 6) is -1.66. The Morgan fingerprint density at radius 1 is 1.13 bits per heavy atom. The van der Waals surface area contributed by atoms with Gasteiger partial charge in [-0.3, -0.25) is 9.59 Å². The zero-order valence-electron chi connectivity index (χ0n) is 16.0. The van der Waals surface area contributed by atoms with Crippen LogP contribution in [0.15, 0.2) is 36.5 Å². The van der Waals surface area contributed by atoms with Crippen molar-refractivity contribution in [2.45, 2.75) is 13.1 Å². The molecule has 0 radical (unpaired) electrons. The van der Waals surface area contributed by atoms with Crippen LogP contribution >= 0.6 is 23.2 Å². The Balaban J connectivity index is 2.12. The number of halogens is 5. The molecule has 2 aromatic heterocycles. The Kier molecular flexibility index (Phi) is 6.23. The number of aryl methyl sites for hydroxylation is 1. The first-order chi connectivity index (χ1) is 14.5. The third-order valence-corrected chi connectivity index (χ3v) is 4.70. The quantitative estimate of drug-likeness (QED) is 0.585. The van der Waals surface area contributed by atoms with E-state index in [-0.39, 0.29) is 27.1 Å². The summed E-state index contributed by atoms with van der Waals surface area (Å²) >= 11 is 12.0. The first-order valence-electron chi connectivity index (χ1n) is 8.64. The standard InChI is InChI=1S/C19H14Cl2F3N5O2/c1-9-6-10(20)7-11(17(30)25-2)15(9)27-18(31)13-8-14(19(22,23)24)28-29(13)16-12(21)4-3-5-26-16/h3-8H,1-2H3,(H,25,30)(H,27,31). The summed E-state index contributed by atoms with van der Waals surface area (Å²) in [6, 6.07) is 6.28. The minimum atomic E-state index is -4.81. The summed E-state index contributed by atoms with van der Waals surface area (Å²) in [4.78, 5) is 29.1. The van der Waals surface area contributed by atoms with E-state index in [1.54, 1.807) is 6.92 Å². The fraction of sp³-hybridized carbons (Fsp3) is 0.158. The van der Waals surface area contributed by atoms with Crippen molar-refractivity contribution in [1.29, 1.82) is 0 Å². The van der Waals surface area contributed by atoms with Crippen LogP contribution in [0.4, 0.5) is 18.9 Å². The molecule has 2 amide bonds. The van der Waals surface area contributed by atoms with Gasteiger partial charge in [0.05, 0.1) is 16.3 Å². The third kappa shape index (κ3) is 4.64. The highest BCUT2D eigenvalue weighted by molar-refractivity contribution is 6.32. The van der Waals surface area contributed by atoms with Crippen LogP contribution in [-0.2, 0) is 6.18 Å². The van der Waals surface area contributed by atoms with E-state index < -0.39 is 29.4 Å². The highest BCUT2D eigenvalue weighted by Crippen LogP contribution is 2.31. The number of amides is 2. The summed E-state index contributed by atoms with van der Waals surface area (Å²) in [5.41, 5.74) is -1.23. The molecule has 0 aliphatic carbocycles. The van der Waals surface area contributed by atoms with Gasteiger partial charge in [-0.05, 0) is 36.8 Å². The molecule has 12 heteroatoms. The molecule has 0 aliphatic rings. The monoisotopic (exact) mass is 471 g/mol. The van der Waals surface area contributed by atoms with Gasteiger partial charge in [-0.1, -0.05) is 23.2 Å². The number of anilines is 1. The van der Waals surface area contributed by atoms with Crippen molar-refractivity contribution in [2.75, 3.05) is 12.4 Å². The molecule has 7 nitrogen and oxygen atoms in total. The SMILES string of the molecule is CNC(=O)c1cc(Cl)cc(C)c1NC(=O)c1cc(C(F)(F)F)nn1-c1ncccc1Cl. The lowest BCUT2D eigenvalue weighted by Gasteiger charge is -2.14. The van der Waals surface area contributed by atoms with Crippen LogP contribution in [-0.4, -0.2) is 33.6 Å². The fourth-order valence-corrected chi connectivity index (χ4v) is 3.25. The van der Waals surface area contributed by atoms with E-state index in [4.69, 9.17) is 23.2 Å². The number of alkyl halides is 3. The molecule has 0 spiro atoms. The summed E-state index contributed by atoms with van der Waals surface area (Å²) in [6.45, 7) is 1.59. The highest BCUT2D eigenvalue weighted by atomic mass is 35.5. The number of benzene rings is 1. The molecule has 0 aliphatic heterocycles. The minimum absolute atomic E-state index is 0.0119. The van der Waals surface area contributed by atoms with Crippen LogP contribution in [0.5, 0.6) is 0 Å². The van der Waals surface area contributed by atoms with Crippen molar-refractivity contribution in [3.63, 3.8) is 0 Å². The number of carbonyl (C=O) groups is 2. The zero-order chi connectivity index (χ0) is 22.9. The van der Waals surface area contributed by atoms with Crippen LogP contribution in [0, 0.1) is 6.92 Å². The molecule has 0 saturated heterocycles. The summed E-state index contributed by atoms with van der Waals surface area (Å²) < 4.78 is 40.6. The van der Waals surface area contributed by atoms with E-state index in [9.17, 15) is 22.8 Å². The Morgan fingerprint density at radius 2 is 1.84 bits per heavy atom. The average molecular weight is 472 g/mol. The van der Waals surface area contributed by atoms with E-state index in [1.165, 1.54) is 37.5 Å². The molecule has 1 aromatic carbocycles. The predicted octanol–water partition coefficient (Wildman–Crippen LogP) is 4.51. The molecule has 31 heavy (non-hydrogen) atoms. The molecular formula is C19H14Cl2F3N5O2. The average Bonchev–Trinajstić information content (AvgIpc) is 3.15. The maximum Gasteiger partial charge on any atom is 0.435 e. The largest absolute Gasteiger partial charge is 0.435 e. The van der Waals surface area contributed by atoms with Gasteiger partial charge in [-0.25, -0.2) is 9.67 Å². The molecule has 2 N–H and O–H groups in total. The first kappa shape index (κ1) is 22.6. The van der Waals surface area contributed by atoms with Crippen LogP contribution in [0.25, 0.3) is 5.82 Å². The molecule has 162 valence electrons. The van der Waals surface area contributed by atoms with Gasteiger partial charge in [0.25, 0.3) is 11.8 Å². The van der Waals surface area contributed by atoms with Gasteiger partial charge in [-0.15, -0.1) is 0 Å². The van der Waals surface area contributed by atoms with Crippen molar-refractivity contribution in [2.24, 2.45) is 0 Å². The lowest BCUT2D eigenvalue weighted by atomic mass is 10.1. The lowest BCUT2D eigenvalue weighted by molar-refractivity contribution is -0.141. The molecule has 0 fully saturated rings. The first-order valence-corrected chi connectivity index (χ1v) is 9.40. The predicted molar refractivity (Wildman–Crippen MR) is 109 cm³/mol. The molecule has 0 unspecified atom stereocenters. The Bertz CT molecular complexity index is 1180. The topological polar surface area (TPSA) is 88.9 Å². The van der Waals surface area contributed by atoms with Crippen LogP contribution < -0.4 is 10.6 Å². The molecular weight excluding hydrogens is 458 g/mol. The number of rotatable bonds is 4. The van der Waals surface area contributed by atoms with E-state index >= 15 is 0 Å². The third-order valence-electron chi connectivity index (χ3n) is 4.18. The molecule has 3 rings (SSSR count). The summed E-state index contributed by atoms with van der Waals surface area (Å²) in [5, 5.41) is 8.60. The number of carbonyl (C=O) groups excluding carboxylic acids is 2. The van der Waals surface area contributed by atoms with Crippen molar-refractivity contribution < 1.29 is 22.8 Å². The smallest absolute Gasteiger partial charge is 0.355 e. The highest BCUT2D eigenvalue weighted by Gasteiger charge is 2.36. The van der Waals surface area contributed by atoms with Gasteiger partial charge in [0.2, 0.25) is 0 Å². The van der Waals surface area contributed by atoms with E-state index in [0.717, 1.165) is 0 Å². The molecule has 2 heterocycles. The fourth-order valence-electron chi connectivity index (χ4n) is 2.78. The minimum Gasteiger partial charge on any atom is -0.355 e. The zero-order valence-corrected chi connectivity index (χ0v) is 17.5. The Morgan fingerprint density at radius 3 is 2.45 bits per heavy atom. The van der Waals surface area contributed by atoms with Crippen LogP contribution in [0.1, 0.15) is 32.1 Å². The van der Waals surface area contributed by atoms with E-state index in [0.29, 0.717) is 16.3 Å². The maximum atomic E-state index is 13.3. The van der Waals surface area contributed by atoms with E-state index in [1.807, 2.05) is 0 Å². The van der Waals surface area contributed by atoms with Gasteiger partial charge in [0.1, 0.15) is 5.69 Å². The van der Waals surface area contributed by atoms with Gasteiger partial charge >= 0.3 is 6.18 Å². The van der Waals surface area contributed by atoms with Gasteiger partial charge in [0.15, 0.2) is 11.5 Å².